The molecule has 1 heterocycles. The summed E-state index contributed by atoms with van der Waals surface area (Å²) in [6.45, 7) is 1.79. The van der Waals surface area contributed by atoms with Gasteiger partial charge < -0.3 is 4.74 Å². The van der Waals surface area contributed by atoms with Gasteiger partial charge in [0, 0.05) is 27.4 Å². The molecule has 2 aromatic carbocycles. The molecule has 0 bridgehead atoms. The Labute approximate surface area is 144 Å². The number of carbonyl (C=O) groups is 1. The van der Waals surface area contributed by atoms with E-state index < -0.39 is 0 Å². The van der Waals surface area contributed by atoms with Crippen LogP contribution in [0.5, 0.6) is 5.75 Å². The van der Waals surface area contributed by atoms with Gasteiger partial charge in [-0.1, -0.05) is 48.9 Å². The molecule has 0 atom stereocenters. The van der Waals surface area contributed by atoms with Crippen molar-refractivity contribution >= 4 is 28.9 Å². The number of rotatable bonds is 4. The van der Waals surface area contributed by atoms with E-state index in [-0.39, 0.29) is 5.97 Å². The molecule has 0 aliphatic heterocycles. The van der Waals surface area contributed by atoms with Gasteiger partial charge in [0.1, 0.15) is 5.75 Å². The highest BCUT2D eigenvalue weighted by atomic mass is 35.5. The first-order valence-corrected chi connectivity index (χ1v) is 8.58. The summed E-state index contributed by atoms with van der Waals surface area (Å²) in [5.41, 5.74) is 3.06. The number of benzene rings is 2. The Morgan fingerprint density at radius 2 is 1.78 bits per heavy atom. The highest BCUT2D eigenvalue weighted by Gasteiger charge is 2.14. The van der Waals surface area contributed by atoms with Gasteiger partial charge in [-0.25, -0.2) is 0 Å². The summed E-state index contributed by atoms with van der Waals surface area (Å²) in [7, 11) is 0. The van der Waals surface area contributed by atoms with Crippen molar-refractivity contribution < 1.29 is 9.53 Å². The van der Waals surface area contributed by atoms with Crippen molar-refractivity contribution in [2.45, 2.75) is 13.3 Å². The summed E-state index contributed by atoms with van der Waals surface area (Å²) in [6, 6.07) is 17.4. The minimum atomic E-state index is -0.235. The fraction of sp³-hybridized carbons (Fsp3) is 0.105. The van der Waals surface area contributed by atoms with E-state index in [0.717, 1.165) is 21.6 Å². The number of ether oxygens (including phenoxy) is 1. The van der Waals surface area contributed by atoms with Crippen LogP contribution < -0.4 is 4.74 Å². The lowest BCUT2D eigenvalue weighted by Crippen LogP contribution is -2.06. The third-order valence-corrected chi connectivity index (χ3v) is 4.68. The van der Waals surface area contributed by atoms with Gasteiger partial charge in [-0.3, -0.25) is 4.79 Å². The first-order chi connectivity index (χ1) is 11.2. The fourth-order valence-corrected chi connectivity index (χ4v) is 3.36. The molecular formula is C19H15ClO2S. The van der Waals surface area contributed by atoms with Gasteiger partial charge in [0.25, 0.3) is 0 Å². The van der Waals surface area contributed by atoms with Crippen molar-refractivity contribution in [2.75, 3.05) is 0 Å². The number of para-hydroxylation sites is 1. The third-order valence-electron chi connectivity index (χ3n) is 3.46. The quantitative estimate of drug-likeness (QED) is 0.426. The number of esters is 1. The summed E-state index contributed by atoms with van der Waals surface area (Å²) < 4.78 is 5.47. The standard InChI is InChI=1S/C19H15ClO2S/c1-2-18(21)22-17-6-4-3-5-15(17)16-11-12-23-19(16)13-7-9-14(20)10-8-13/h3-12H,2H2,1H3. The second-order valence-corrected chi connectivity index (χ2v) is 6.35. The second kappa shape index (κ2) is 6.99. The monoisotopic (exact) mass is 342 g/mol. The molecule has 0 unspecified atom stereocenters. The molecule has 0 amide bonds. The van der Waals surface area contributed by atoms with E-state index in [0.29, 0.717) is 17.2 Å². The maximum atomic E-state index is 11.7. The molecule has 2 nitrogen and oxygen atoms in total. The van der Waals surface area contributed by atoms with E-state index >= 15 is 0 Å². The van der Waals surface area contributed by atoms with Crippen LogP contribution in [0.3, 0.4) is 0 Å². The Morgan fingerprint density at radius 1 is 1.04 bits per heavy atom. The largest absolute Gasteiger partial charge is 0.426 e. The third kappa shape index (κ3) is 3.46. The predicted molar refractivity (Wildman–Crippen MR) is 96.1 cm³/mol. The van der Waals surface area contributed by atoms with Gasteiger partial charge in [-0.2, -0.15) is 0 Å². The summed E-state index contributed by atoms with van der Waals surface area (Å²) in [5.74, 6) is 0.355. The van der Waals surface area contributed by atoms with Gasteiger partial charge in [0.2, 0.25) is 0 Å². The Kier molecular flexibility index (Phi) is 4.79. The molecular weight excluding hydrogens is 328 g/mol. The number of hydrogen-bond acceptors (Lipinski definition) is 3. The van der Waals surface area contributed by atoms with E-state index in [2.05, 4.69) is 0 Å². The van der Waals surface area contributed by atoms with Gasteiger partial charge in [0.15, 0.2) is 0 Å². The molecule has 0 radical (unpaired) electrons. The van der Waals surface area contributed by atoms with Crippen molar-refractivity contribution in [3.8, 4) is 27.3 Å². The lowest BCUT2D eigenvalue weighted by molar-refractivity contribution is -0.133. The average Bonchev–Trinajstić information content (AvgIpc) is 3.05. The normalized spacial score (nSPS) is 10.5. The fourth-order valence-electron chi connectivity index (χ4n) is 2.32. The molecule has 0 aliphatic carbocycles. The molecule has 3 aromatic rings. The van der Waals surface area contributed by atoms with Gasteiger partial charge in [0.05, 0.1) is 0 Å². The van der Waals surface area contributed by atoms with Crippen LogP contribution >= 0.6 is 22.9 Å². The van der Waals surface area contributed by atoms with Crippen molar-refractivity contribution in [1.82, 2.24) is 0 Å². The maximum Gasteiger partial charge on any atom is 0.310 e. The smallest absolute Gasteiger partial charge is 0.310 e. The zero-order valence-corrected chi connectivity index (χ0v) is 14.2. The van der Waals surface area contributed by atoms with Crippen molar-refractivity contribution in [3.63, 3.8) is 0 Å². The van der Waals surface area contributed by atoms with Crippen LogP contribution in [0.25, 0.3) is 21.6 Å². The summed E-state index contributed by atoms with van der Waals surface area (Å²) >= 11 is 7.63. The average molecular weight is 343 g/mol. The number of thiophene rings is 1. The number of halogens is 1. The van der Waals surface area contributed by atoms with Crippen LogP contribution in [-0.2, 0) is 4.79 Å². The highest BCUT2D eigenvalue weighted by Crippen LogP contribution is 2.40. The molecule has 4 heteroatoms. The minimum absolute atomic E-state index is 0.235. The molecule has 0 spiro atoms. The molecule has 0 N–H and O–H groups in total. The number of hydrogen-bond donors (Lipinski definition) is 0. The molecule has 0 fully saturated rings. The zero-order chi connectivity index (χ0) is 16.2. The zero-order valence-electron chi connectivity index (χ0n) is 12.6. The van der Waals surface area contributed by atoms with Gasteiger partial charge in [-0.05, 0) is 35.2 Å². The molecule has 0 aliphatic rings. The highest BCUT2D eigenvalue weighted by molar-refractivity contribution is 7.14. The molecule has 3 rings (SSSR count). The van der Waals surface area contributed by atoms with Crippen LogP contribution in [-0.4, -0.2) is 5.97 Å². The van der Waals surface area contributed by atoms with Crippen LogP contribution in [0.4, 0.5) is 0 Å². The van der Waals surface area contributed by atoms with Gasteiger partial charge in [-0.15, -0.1) is 11.3 Å². The summed E-state index contributed by atoms with van der Waals surface area (Å²) in [5, 5.41) is 2.75. The van der Waals surface area contributed by atoms with E-state index in [9.17, 15) is 4.79 Å². The van der Waals surface area contributed by atoms with Crippen LogP contribution in [0.15, 0.2) is 60.0 Å². The Morgan fingerprint density at radius 3 is 2.52 bits per heavy atom. The van der Waals surface area contributed by atoms with E-state index in [1.807, 2.05) is 60.0 Å². The Bertz CT molecular complexity index is 821. The van der Waals surface area contributed by atoms with E-state index in [1.165, 1.54) is 0 Å². The van der Waals surface area contributed by atoms with E-state index in [4.69, 9.17) is 16.3 Å². The summed E-state index contributed by atoms with van der Waals surface area (Å²) in [4.78, 5) is 12.8. The first kappa shape index (κ1) is 15.8. The maximum absolute atomic E-state index is 11.7. The van der Waals surface area contributed by atoms with Crippen molar-refractivity contribution in [3.05, 3.63) is 65.0 Å². The second-order valence-electron chi connectivity index (χ2n) is 4.99. The Balaban J connectivity index is 2.05. The van der Waals surface area contributed by atoms with Crippen LogP contribution in [0, 0.1) is 0 Å². The predicted octanol–water partition coefficient (Wildman–Crippen LogP) is 6.05. The first-order valence-electron chi connectivity index (χ1n) is 7.32. The van der Waals surface area contributed by atoms with Crippen LogP contribution in [0.2, 0.25) is 5.02 Å². The molecule has 0 saturated carbocycles. The summed E-state index contributed by atoms with van der Waals surface area (Å²) in [6.07, 6.45) is 0.349. The molecule has 1 aromatic heterocycles. The van der Waals surface area contributed by atoms with Crippen molar-refractivity contribution in [2.24, 2.45) is 0 Å². The number of carbonyl (C=O) groups excluding carboxylic acids is 1. The lowest BCUT2D eigenvalue weighted by Gasteiger charge is -2.10. The topological polar surface area (TPSA) is 26.3 Å². The lowest BCUT2D eigenvalue weighted by atomic mass is 10.0. The Hall–Kier alpha value is -2.10. The van der Waals surface area contributed by atoms with E-state index in [1.54, 1.807) is 18.3 Å². The molecule has 0 saturated heterocycles. The minimum Gasteiger partial charge on any atom is -0.426 e. The van der Waals surface area contributed by atoms with Crippen molar-refractivity contribution in [1.29, 1.82) is 0 Å². The molecule has 23 heavy (non-hydrogen) atoms. The van der Waals surface area contributed by atoms with Crippen LogP contribution in [0.1, 0.15) is 13.3 Å². The molecule has 116 valence electrons. The van der Waals surface area contributed by atoms with Gasteiger partial charge >= 0.3 is 5.97 Å². The SMILES string of the molecule is CCC(=O)Oc1ccccc1-c1ccsc1-c1ccc(Cl)cc1.